The lowest BCUT2D eigenvalue weighted by Gasteiger charge is -2.16. The van der Waals surface area contributed by atoms with Gasteiger partial charge in [-0.15, -0.1) is 0 Å². The van der Waals surface area contributed by atoms with E-state index < -0.39 is 0 Å². The van der Waals surface area contributed by atoms with Crippen molar-refractivity contribution in [3.63, 3.8) is 0 Å². The van der Waals surface area contributed by atoms with E-state index in [2.05, 4.69) is 50.2 Å². The summed E-state index contributed by atoms with van der Waals surface area (Å²) in [5.41, 5.74) is 7.30. The standard InChI is InChI=1S/C31H36O2.C2H6/c1-23-20-21-24(2)27(22-23)14-7-8-15-28(32)16-11-19-31(33)25(3)29-17-9-10-18-30(29)26-12-5-4-6-13-26;1-2/h4-6,9-10,12-13,17-18,20-22,25H,7-8,11,14-16,19H2,1-3H3;1-2H3. The third-order valence-corrected chi connectivity index (χ3v) is 6.53. The predicted octanol–water partition coefficient (Wildman–Crippen LogP) is 8.82. The number of unbranched alkanes of at least 4 members (excludes halogenated alkanes) is 1. The zero-order valence-electron chi connectivity index (χ0n) is 22.3. The SMILES string of the molecule is CC.Cc1ccc(C)c(CCCCC(=O)CCCC(=O)C(C)c2ccccc2-c2ccccc2)c1. The van der Waals surface area contributed by atoms with Gasteiger partial charge in [-0.3, -0.25) is 9.59 Å². The molecule has 3 aromatic carbocycles. The maximum absolute atomic E-state index is 12.9. The quantitative estimate of drug-likeness (QED) is 0.248. The van der Waals surface area contributed by atoms with Gasteiger partial charge in [0.05, 0.1) is 0 Å². The highest BCUT2D eigenvalue weighted by atomic mass is 16.1. The molecule has 0 bridgehead atoms. The summed E-state index contributed by atoms with van der Waals surface area (Å²) in [4.78, 5) is 25.2. The van der Waals surface area contributed by atoms with Gasteiger partial charge in [0.25, 0.3) is 0 Å². The van der Waals surface area contributed by atoms with Crippen molar-refractivity contribution in [2.24, 2.45) is 0 Å². The zero-order chi connectivity index (χ0) is 25.6. The van der Waals surface area contributed by atoms with E-state index in [-0.39, 0.29) is 17.5 Å². The number of aryl methyl sites for hydroxylation is 3. The van der Waals surface area contributed by atoms with Crippen LogP contribution in [0.1, 0.15) is 87.5 Å². The molecule has 0 aliphatic carbocycles. The fourth-order valence-corrected chi connectivity index (χ4v) is 4.44. The van der Waals surface area contributed by atoms with E-state index in [0.29, 0.717) is 25.7 Å². The second kappa shape index (κ2) is 15.1. The van der Waals surface area contributed by atoms with Gasteiger partial charge in [0.15, 0.2) is 0 Å². The van der Waals surface area contributed by atoms with Gasteiger partial charge >= 0.3 is 0 Å². The van der Waals surface area contributed by atoms with Crippen LogP contribution in [0, 0.1) is 13.8 Å². The summed E-state index contributed by atoms with van der Waals surface area (Å²) in [6.45, 7) is 10.3. The molecule has 3 rings (SSSR count). The molecule has 0 saturated heterocycles. The number of hydrogen-bond donors (Lipinski definition) is 0. The molecule has 0 aromatic heterocycles. The highest BCUT2D eigenvalue weighted by molar-refractivity contribution is 5.88. The van der Waals surface area contributed by atoms with Gasteiger partial charge in [-0.2, -0.15) is 0 Å². The average molecular weight is 471 g/mol. The first-order valence-electron chi connectivity index (χ1n) is 13.2. The molecule has 2 nitrogen and oxygen atoms in total. The number of Topliss-reactive ketones (excluding diaryl/α,β-unsaturated/α-hetero) is 2. The molecule has 1 atom stereocenters. The van der Waals surface area contributed by atoms with Gasteiger partial charge in [-0.05, 0) is 67.3 Å². The first kappa shape index (κ1) is 28.2. The van der Waals surface area contributed by atoms with Crippen molar-refractivity contribution in [3.05, 3.63) is 95.1 Å². The minimum Gasteiger partial charge on any atom is -0.300 e. The van der Waals surface area contributed by atoms with Crippen molar-refractivity contribution in [2.45, 2.75) is 85.5 Å². The molecule has 0 N–H and O–H groups in total. The second-order valence-electron chi connectivity index (χ2n) is 9.17. The molecule has 0 saturated carbocycles. The van der Waals surface area contributed by atoms with Gasteiger partial charge in [-0.25, -0.2) is 0 Å². The summed E-state index contributed by atoms with van der Waals surface area (Å²) >= 11 is 0. The summed E-state index contributed by atoms with van der Waals surface area (Å²) < 4.78 is 0. The van der Waals surface area contributed by atoms with Crippen LogP contribution in [-0.2, 0) is 16.0 Å². The maximum atomic E-state index is 12.9. The van der Waals surface area contributed by atoms with Crippen LogP contribution in [0.2, 0.25) is 0 Å². The molecular weight excluding hydrogens is 428 g/mol. The molecule has 186 valence electrons. The Balaban J connectivity index is 0.00000210. The van der Waals surface area contributed by atoms with Gasteiger partial charge in [0, 0.05) is 25.2 Å². The van der Waals surface area contributed by atoms with E-state index in [1.165, 1.54) is 16.7 Å². The van der Waals surface area contributed by atoms with Crippen molar-refractivity contribution in [3.8, 4) is 11.1 Å². The first-order valence-corrected chi connectivity index (χ1v) is 13.2. The van der Waals surface area contributed by atoms with Crippen LogP contribution in [0.25, 0.3) is 11.1 Å². The van der Waals surface area contributed by atoms with Crippen molar-refractivity contribution >= 4 is 11.6 Å². The fraction of sp³-hybridized carbons (Fsp3) is 0.394. The molecule has 3 aromatic rings. The Morgan fingerprint density at radius 2 is 1.40 bits per heavy atom. The topological polar surface area (TPSA) is 34.1 Å². The summed E-state index contributed by atoms with van der Waals surface area (Å²) in [6.07, 6.45) is 5.19. The lowest BCUT2D eigenvalue weighted by molar-refractivity contribution is -0.121. The molecule has 0 aliphatic rings. The average Bonchev–Trinajstić information content (AvgIpc) is 2.89. The highest BCUT2D eigenvalue weighted by Crippen LogP contribution is 2.30. The summed E-state index contributed by atoms with van der Waals surface area (Å²) in [5, 5.41) is 0. The Hall–Kier alpha value is -3.00. The van der Waals surface area contributed by atoms with Crippen LogP contribution in [0.3, 0.4) is 0 Å². The molecule has 0 radical (unpaired) electrons. The second-order valence-corrected chi connectivity index (χ2v) is 9.17. The Morgan fingerprint density at radius 1 is 0.743 bits per heavy atom. The van der Waals surface area contributed by atoms with Gasteiger partial charge in [0.1, 0.15) is 11.6 Å². The molecular formula is C33H42O2. The number of carbonyl (C=O) groups is 2. The Labute approximate surface area is 212 Å². The predicted molar refractivity (Wildman–Crippen MR) is 149 cm³/mol. The zero-order valence-corrected chi connectivity index (χ0v) is 22.3. The van der Waals surface area contributed by atoms with Gasteiger partial charge < -0.3 is 0 Å². The van der Waals surface area contributed by atoms with E-state index in [9.17, 15) is 9.59 Å². The highest BCUT2D eigenvalue weighted by Gasteiger charge is 2.19. The number of ketones is 2. The molecule has 0 amide bonds. The third-order valence-electron chi connectivity index (χ3n) is 6.53. The van der Waals surface area contributed by atoms with Crippen molar-refractivity contribution in [1.29, 1.82) is 0 Å². The Kier molecular flexibility index (Phi) is 12.2. The molecule has 2 heteroatoms. The lowest BCUT2D eigenvalue weighted by atomic mass is 9.87. The largest absolute Gasteiger partial charge is 0.300 e. The van der Waals surface area contributed by atoms with E-state index in [1.807, 2.05) is 57.2 Å². The van der Waals surface area contributed by atoms with E-state index >= 15 is 0 Å². The molecule has 0 fully saturated rings. The smallest absolute Gasteiger partial charge is 0.140 e. The summed E-state index contributed by atoms with van der Waals surface area (Å²) in [6, 6.07) is 24.9. The third kappa shape index (κ3) is 8.94. The Morgan fingerprint density at radius 3 is 2.14 bits per heavy atom. The Bertz CT molecular complexity index is 1070. The normalized spacial score (nSPS) is 11.3. The van der Waals surface area contributed by atoms with Crippen LogP contribution < -0.4 is 0 Å². The van der Waals surface area contributed by atoms with E-state index in [1.54, 1.807) is 0 Å². The summed E-state index contributed by atoms with van der Waals surface area (Å²) in [5.74, 6) is 0.316. The number of benzene rings is 3. The molecule has 0 aliphatic heterocycles. The lowest BCUT2D eigenvalue weighted by Crippen LogP contribution is -2.11. The number of carbonyl (C=O) groups excluding carboxylic acids is 2. The maximum Gasteiger partial charge on any atom is 0.140 e. The molecule has 35 heavy (non-hydrogen) atoms. The van der Waals surface area contributed by atoms with E-state index in [4.69, 9.17) is 0 Å². The van der Waals surface area contributed by atoms with Gasteiger partial charge in [-0.1, -0.05) is 99.1 Å². The first-order chi connectivity index (χ1) is 17.0. The fourth-order valence-electron chi connectivity index (χ4n) is 4.44. The number of hydrogen-bond acceptors (Lipinski definition) is 2. The minimum absolute atomic E-state index is 0.172. The van der Waals surface area contributed by atoms with Crippen LogP contribution in [-0.4, -0.2) is 11.6 Å². The van der Waals surface area contributed by atoms with Crippen molar-refractivity contribution in [2.75, 3.05) is 0 Å². The minimum atomic E-state index is -0.172. The molecule has 1 unspecified atom stereocenters. The van der Waals surface area contributed by atoms with Crippen LogP contribution in [0.15, 0.2) is 72.8 Å². The number of rotatable bonds is 12. The van der Waals surface area contributed by atoms with Crippen LogP contribution in [0.4, 0.5) is 0 Å². The summed E-state index contributed by atoms with van der Waals surface area (Å²) in [7, 11) is 0. The molecule has 0 heterocycles. The van der Waals surface area contributed by atoms with Crippen LogP contribution >= 0.6 is 0 Å². The van der Waals surface area contributed by atoms with Crippen LogP contribution in [0.5, 0.6) is 0 Å². The van der Waals surface area contributed by atoms with Crippen molar-refractivity contribution in [1.82, 2.24) is 0 Å². The molecule has 0 spiro atoms. The van der Waals surface area contributed by atoms with Gasteiger partial charge in [0.2, 0.25) is 0 Å². The van der Waals surface area contributed by atoms with E-state index in [0.717, 1.165) is 36.0 Å². The van der Waals surface area contributed by atoms with Crippen molar-refractivity contribution < 1.29 is 9.59 Å². The monoisotopic (exact) mass is 470 g/mol.